The van der Waals surface area contributed by atoms with Gasteiger partial charge < -0.3 is 29.9 Å². The number of carboxylic acids is 3. The highest BCUT2D eigenvalue weighted by Gasteiger charge is 2.40. The van der Waals surface area contributed by atoms with Crippen LogP contribution in [0.25, 0.3) is 0 Å². The number of aliphatic hydroxyl groups is 1. The quantitative estimate of drug-likeness (QED) is 0.321. The van der Waals surface area contributed by atoms with Crippen LogP contribution in [0.5, 0.6) is 5.75 Å². The Morgan fingerprint density at radius 1 is 1.09 bits per heavy atom. The van der Waals surface area contributed by atoms with Crippen LogP contribution in [-0.2, 0) is 19.1 Å². The molecule has 12 heteroatoms. The number of hydrogen-bond acceptors (Lipinski definition) is 7. The van der Waals surface area contributed by atoms with Crippen molar-refractivity contribution in [2.45, 2.75) is 57.3 Å². The summed E-state index contributed by atoms with van der Waals surface area (Å²) in [4.78, 5) is 32.9. The van der Waals surface area contributed by atoms with Gasteiger partial charge in [0, 0.05) is 22.7 Å². The fraction of sp³-hybridized carbons (Fsp3) is 0.591. The second-order valence-corrected chi connectivity index (χ2v) is 8.61. The normalized spacial score (nSPS) is 16.9. The highest BCUT2D eigenvalue weighted by atomic mass is 35.5. The van der Waals surface area contributed by atoms with Gasteiger partial charge in [0.25, 0.3) is 0 Å². The van der Waals surface area contributed by atoms with Gasteiger partial charge in [0.2, 0.25) is 0 Å². The van der Waals surface area contributed by atoms with Gasteiger partial charge in [0.05, 0.1) is 19.4 Å². The molecule has 1 aliphatic rings. The molecule has 1 saturated heterocycles. The largest absolute Gasteiger partial charge is 0.486 e. The van der Waals surface area contributed by atoms with Gasteiger partial charge in [-0.25, -0.2) is 4.79 Å². The molecule has 0 radical (unpaired) electrons. The number of benzene rings is 1. The maximum Gasteiger partial charge on any atom is 0.336 e. The second-order valence-electron chi connectivity index (χ2n) is 7.74. The second kappa shape index (κ2) is 14.3. The predicted octanol–water partition coefficient (Wildman–Crippen LogP) is 3.01. The van der Waals surface area contributed by atoms with Crippen LogP contribution in [0.4, 0.5) is 0 Å². The van der Waals surface area contributed by atoms with Gasteiger partial charge in [0.15, 0.2) is 5.60 Å². The molecule has 0 aromatic heterocycles. The molecule has 0 aliphatic carbocycles. The molecule has 4 N–H and O–H groups in total. The first kappa shape index (κ1) is 29.9. The molecule has 2 unspecified atom stereocenters. The average molecular weight is 524 g/mol. The minimum Gasteiger partial charge on any atom is -0.486 e. The van der Waals surface area contributed by atoms with Crippen molar-refractivity contribution in [2.24, 2.45) is 0 Å². The van der Waals surface area contributed by atoms with Crippen molar-refractivity contribution < 1.29 is 44.3 Å². The van der Waals surface area contributed by atoms with Gasteiger partial charge in [-0.2, -0.15) is 0 Å². The molecule has 0 amide bonds. The lowest BCUT2D eigenvalue weighted by molar-refractivity contribution is -0.170. The number of aliphatic carboxylic acids is 3. The highest BCUT2D eigenvalue weighted by molar-refractivity contribution is 6.34. The van der Waals surface area contributed by atoms with Crippen molar-refractivity contribution in [3.05, 3.63) is 28.2 Å². The summed E-state index contributed by atoms with van der Waals surface area (Å²) >= 11 is 12.1. The third-order valence-electron chi connectivity index (χ3n) is 5.14. The molecule has 34 heavy (non-hydrogen) atoms. The fourth-order valence-electron chi connectivity index (χ4n) is 3.61. The molecule has 2 atom stereocenters. The topological polar surface area (TPSA) is 154 Å². The van der Waals surface area contributed by atoms with Crippen molar-refractivity contribution in [3.8, 4) is 5.75 Å². The van der Waals surface area contributed by atoms with Crippen molar-refractivity contribution >= 4 is 41.1 Å². The predicted molar refractivity (Wildman–Crippen MR) is 125 cm³/mol. The van der Waals surface area contributed by atoms with Gasteiger partial charge in [0.1, 0.15) is 11.9 Å². The summed E-state index contributed by atoms with van der Waals surface area (Å²) in [6.07, 6.45) is 0.0613. The Balaban J connectivity index is 0.000000385. The Morgan fingerprint density at radius 3 is 2.09 bits per heavy atom. The zero-order valence-corrected chi connectivity index (χ0v) is 20.6. The zero-order chi connectivity index (χ0) is 25.9. The average Bonchev–Trinajstić information content (AvgIpc) is 3.18. The van der Waals surface area contributed by atoms with Gasteiger partial charge in [-0.05, 0) is 51.1 Å². The van der Waals surface area contributed by atoms with Gasteiger partial charge in [-0.1, -0.05) is 30.1 Å². The highest BCUT2D eigenvalue weighted by Crippen LogP contribution is 2.28. The maximum absolute atomic E-state index is 10.3. The van der Waals surface area contributed by atoms with Crippen molar-refractivity contribution in [2.75, 3.05) is 26.3 Å². The summed E-state index contributed by atoms with van der Waals surface area (Å²) < 4.78 is 11.8. The minimum absolute atomic E-state index is 0.00179. The van der Waals surface area contributed by atoms with E-state index < -0.39 is 36.4 Å². The summed E-state index contributed by atoms with van der Waals surface area (Å²) in [6.45, 7) is 7.62. The van der Waals surface area contributed by atoms with Gasteiger partial charge >= 0.3 is 17.9 Å². The van der Waals surface area contributed by atoms with Crippen LogP contribution in [0.3, 0.4) is 0 Å². The SMILES string of the molecule is CCOCC(Oc1cc(Cl)cc(Cl)c1)C1CCCN1CC.O=C(O)CC(O)(CC(=O)O)C(=O)O. The summed E-state index contributed by atoms with van der Waals surface area (Å²) in [5.74, 6) is -4.31. The first-order valence-electron chi connectivity index (χ1n) is 10.8. The van der Waals surface area contributed by atoms with E-state index in [9.17, 15) is 14.4 Å². The van der Waals surface area contributed by atoms with Crippen molar-refractivity contribution in [1.29, 1.82) is 0 Å². The van der Waals surface area contributed by atoms with E-state index in [1.54, 1.807) is 18.2 Å². The number of halogens is 2. The van der Waals surface area contributed by atoms with Crippen molar-refractivity contribution in [3.63, 3.8) is 0 Å². The third-order valence-corrected chi connectivity index (χ3v) is 5.58. The summed E-state index contributed by atoms with van der Waals surface area (Å²) in [7, 11) is 0. The number of rotatable bonds is 12. The Bertz CT molecular complexity index is 800. The number of carboxylic acid groups (broad SMARTS) is 3. The molecule has 0 bridgehead atoms. The summed E-state index contributed by atoms with van der Waals surface area (Å²) in [6, 6.07) is 5.70. The van der Waals surface area contributed by atoms with E-state index in [1.165, 1.54) is 6.42 Å². The lowest BCUT2D eigenvalue weighted by atomic mass is 9.96. The minimum atomic E-state index is -2.74. The Kier molecular flexibility index (Phi) is 12.6. The number of likely N-dealkylation sites (tertiary alicyclic amines) is 1. The van der Waals surface area contributed by atoms with E-state index >= 15 is 0 Å². The Morgan fingerprint density at radius 2 is 1.65 bits per heavy atom. The molecule has 192 valence electrons. The van der Waals surface area contributed by atoms with Gasteiger partial charge in [-0.3, -0.25) is 14.5 Å². The number of nitrogens with zero attached hydrogens (tertiary/aromatic N) is 1. The zero-order valence-electron chi connectivity index (χ0n) is 19.1. The van der Waals surface area contributed by atoms with Crippen molar-refractivity contribution in [1.82, 2.24) is 4.90 Å². The smallest absolute Gasteiger partial charge is 0.336 e. The standard InChI is InChI=1S/C16H23Cl2NO2.C6H8O7/c1-3-19-7-5-6-15(19)16(11-20-4-2)21-14-9-12(17)8-13(18)10-14;7-3(8)1-6(13,5(11)12)2-4(9)10/h8-10,15-16H,3-7,11H2,1-2H3;13H,1-2H2,(H,7,8)(H,9,10)(H,11,12). The molecular formula is C22H31Cl2NO9. The number of likely N-dealkylation sites (N-methyl/N-ethyl adjacent to an activating group) is 1. The molecule has 2 rings (SSSR count). The Hall–Kier alpha value is -2.11. The molecule has 1 fully saturated rings. The van der Waals surface area contributed by atoms with Gasteiger partial charge in [-0.15, -0.1) is 0 Å². The molecule has 0 spiro atoms. The number of hydrogen-bond donors (Lipinski definition) is 4. The van der Waals surface area contributed by atoms with E-state index in [4.69, 9.17) is 53.1 Å². The summed E-state index contributed by atoms with van der Waals surface area (Å²) in [5, 5.41) is 35.0. The summed E-state index contributed by atoms with van der Waals surface area (Å²) in [5.41, 5.74) is -2.74. The van der Waals surface area contributed by atoms with E-state index in [1.807, 2.05) is 6.92 Å². The van der Waals surface area contributed by atoms with Crippen LogP contribution >= 0.6 is 23.2 Å². The van der Waals surface area contributed by atoms with Crippen LogP contribution in [0.1, 0.15) is 39.5 Å². The molecule has 10 nitrogen and oxygen atoms in total. The van der Waals surface area contributed by atoms with Crippen LogP contribution in [0, 0.1) is 0 Å². The number of ether oxygens (including phenoxy) is 2. The fourth-order valence-corrected chi connectivity index (χ4v) is 4.11. The first-order valence-corrected chi connectivity index (χ1v) is 11.5. The molecular weight excluding hydrogens is 493 g/mol. The molecule has 1 aromatic rings. The van der Waals surface area contributed by atoms with E-state index in [0.717, 1.165) is 19.5 Å². The van der Waals surface area contributed by atoms with E-state index in [0.29, 0.717) is 35.1 Å². The van der Waals surface area contributed by atoms with E-state index in [2.05, 4.69) is 11.8 Å². The van der Waals surface area contributed by atoms with Crippen LogP contribution in [0.2, 0.25) is 10.0 Å². The lowest BCUT2D eigenvalue weighted by Gasteiger charge is -2.31. The molecule has 1 aromatic carbocycles. The monoisotopic (exact) mass is 523 g/mol. The van der Waals surface area contributed by atoms with Crippen LogP contribution in [-0.4, -0.2) is 87.3 Å². The first-order chi connectivity index (χ1) is 15.9. The molecule has 1 aliphatic heterocycles. The number of carbonyl (C=O) groups is 3. The van der Waals surface area contributed by atoms with Crippen LogP contribution < -0.4 is 4.74 Å². The molecule has 0 saturated carbocycles. The third kappa shape index (κ3) is 10.0. The maximum atomic E-state index is 10.3. The lowest BCUT2D eigenvalue weighted by Crippen LogP contribution is -2.44. The van der Waals surface area contributed by atoms with Crippen LogP contribution in [0.15, 0.2) is 18.2 Å². The Labute approximate surface area is 208 Å². The van der Waals surface area contributed by atoms with E-state index in [-0.39, 0.29) is 6.10 Å². The molecule has 1 heterocycles.